The summed E-state index contributed by atoms with van der Waals surface area (Å²) in [6, 6.07) is 4.91. The van der Waals surface area contributed by atoms with Gasteiger partial charge in [0.25, 0.3) is 5.91 Å². The summed E-state index contributed by atoms with van der Waals surface area (Å²) in [6.07, 6.45) is 1.49. The van der Waals surface area contributed by atoms with Crippen molar-refractivity contribution in [2.45, 2.75) is 0 Å². The minimum atomic E-state index is -3.79. The molecule has 0 bridgehead atoms. The van der Waals surface area contributed by atoms with Crippen LogP contribution < -0.4 is 5.32 Å². The molecular formula is C11H14N4O4S. The zero-order valence-corrected chi connectivity index (χ0v) is 11.8. The summed E-state index contributed by atoms with van der Waals surface area (Å²) >= 11 is 0. The van der Waals surface area contributed by atoms with Crippen molar-refractivity contribution < 1.29 is 18.3 Å². The van der Waals surface area contributed by atoms with E-state index in [4.69, 9.17) is 0 Å². The molecule has 1 aliphatic rings. The molecule has 0 spiro atoms. The number of hydrogen-bond donors (Lipinski definition) is 2. The van der Waals surface area contributed by atoms with Crippen LogP contribution in [-0.2, 0) is 15.0 Å². The maximum Gasteiger partial charge on any atom is 0.304 e. The topological polar surface area (TPSA) is 103 Å². The van der Waals surface area contributed by atoms with Gasteiger partial charge in [-0.15, -0.1) is 0 Å². The van der Waals surface area contributed by atoms with Crippen molar-refractivity contribution in [2.24, 2.45) is 0 Å². The van der Waals surface area contributed by atoms with Gasteiger partial charge in [-0.25, -0.2) is 4.98 Å². The standard InChI is InChI=1S/C11H14N4O4S/c1-14-7-8(16)10(15(2)20(14,18)19)11(17)13-9-5-3-4-6-12-9/h3-6,16H,7H2,1-2H3,(H,12,13,17). The maximum absolute atomic E-state index is 12.1. The van der Waals surface area contributed by atoms with E-state index < -0.39 is 16.1 Å². The first-order chi connectivity index (χ1) is 9.34. The lowest BCUT2D eigenvalue weighted by Crippen LogP contribution is -2.47. The number of carbonyl (C=O) groups excluding carboxylic acids is 1. The highest BCUT2D eigenvalue weighted by Gasteiger charge is 2.37. The van der Waals surface area contributed by atoms with Gasteiger partial charge in [-0.3, -0.25) is 9.10 Å². The molecule has 0 aromatic carbocycles. The summed E-state index contributed by atoms with van der Waals surface area (Å²) in [5.41, 5.74) is -0.311. The smallest absolute Gasteiger partial charge is 0.304 e. The first-order valence-corrected chi connectivity index (χ1v) is 7.08. The first kappa shape index (κ1) is 14.3. The molecule has 20 heavy (non-hydrogen) atoms. The van der Waals surface area contributed by atoms with Gasteiger partial charge in [-0.2, -0.15) is 12.7 Å². The van der Waals surface area contributed by atoms with Crippen molar-refractivity contribution in [2.75, 3.05) is 26.0 Å². The average molecular weight is 298 g/mol. The minimum Gasteiger partial charge on any atom is -0.508 e. The first-order valence-electron chi connectivity index (χ1n) is 5.68. The van der Waals surface area contributed by atoms with E-state index in [1.807, 2.05) is 0 Å². The average Bonchev–Trinajstić information content (AvgIpc) is 2.38. The fraction of sp³-hybridized carbons (Fsp3) is 0.273. The van der Waals surface area contributed by atoms with Gasteiger partial charge in [-0.05, 0) is 12.1 Å². The summed E-state index contributed by atoms with van der Waals surface area (Å²) in [4.78, 5) is 16.0. The number of aromatic nitrogens is 1. The number of carbonyl (C=O) groups is 1. The fourth-order valence-electron chi connectivity index (χ4n) is 1.76. The largest absolute Gasteiger partial charge is 0.508 e. The molecule has 1 aromatic heterocycles. The zero-order chi connectivity index (χ0) is 14.9. The lowest BCUT2D eigenvalue weighted by molar-refractivity contribution is -0.114. The number of aliphatic hydroxyl groups excluding tert-OH is 1. The summed E-state index contributed by atoms with van der Waals surface area (Å²) in [5, 5.41) is 12.3. The third kappa shape index (κ3) is 2.45. The summed E-state index contributed by atoms with van der Waals surface area (Å²) < 4.78 is 25.6. The van der Waals surface area contributed by atoms with Gasteiger partial charge in [0.2, 0.25) is 0 Å². The molecule has 0 fully saturated rings. The van der Waals surface area contributed by atoms with E-state index in [1.54, 1.807) is 18.2 Å². The van der Waals surface area contributed by atoms with Crippen LogP contribution in [0.5, 0.6) is 0 Å². The number of anilines is 1. The van der Waals surface area contributed by atoms with Crippen molar-refractivity contribution in [1.29, 1.82) is 0 Å². The Morgan fingerprint density at radius 2 is 2.10 bits per heavy atom. The quantitative estimate of drug-likeness (QED) is 0.794. The third-order valence-corrected chi connectivity index (χ3v) is 4.61. The predicted octanol–water partition coefficient (Wildman–Crippen LogP) is -0.0883. The molecule has 1 amide bonds. The van der Waals surface area contributed by atoms with Gasteiger partial charge >= 0.3 is 10.2 Å². The Morgan fingerprint density at radius 3 is 2.70 bits per heavy atom. The molecule has 1 aromatic rings. The molecular weight excluding hydrogens is 284 g/mol. The van der Waals surface area contributed by atoms with E-state index in [9.17, 15) is 18.3 Å². The molecule has 0 unspecified atom stereocenters. The van der Waals surface area contributed by atoms with Crippen LogP contribution in [0.4, 0.5) is 5.82 Å². The van der Waals surface area contributed by atoms with E-state index in [2.05, 4.69) is 10.3 Å². The van der Waals surface area contributed by atoms with Crippen molar-refractivity contribution in [1.82, 2.24) is 13.6 Å². The highest BCUT2D eigenvalue weighted by Crippen LogP contribution is 2.22. The second-order valence-corrected chi connectivity index (χ2v) is 6.26. The van der Waals surface area contributed by atoms with Gasteiger partial charge in [0.05, 0.1) is 6.54 Å². The van der Waals surface area contributed by atoms with Gasteiger partial charge in [-0.1, -0.05) is 6.07 Å². The van der Waals surface area contributed by atoms with Crippen LogP contribution in [0.2, 0.25) is 0 Å². The SMILES string of the molecule is CN1CC(O)=C(C(=O)Nc2ccccn2)N(C)S1(=O)=O. The Kier molecular flexibility index (Phi) is 3.64. The molecule has 108 valence electrons. The highest BCUT2D eigenvalue weighted by atomic mass is 32.2. The summed E-state index contributed by atoms with van der Waals surface area (Å²) in [5.74, 6) is -0.791. The number of rotatable bonds is 2. The van der Waals surface area contributed by atoms with E-state index >= 15 is 0 Å². The number of hydrogen-bond acceptors (Lipinski definition) is 5. The van der Waals surface area contributed by atoms with Crippen LogP contribution in [0, 0.1) is 0 Å². The third-order valence-electron chi connectivity index (χ3n) is 2.82. The Morgan fingerprint density at radius 1 is 1.40 bits per heavy atom. The lowest BCUT2D eigenvalue weighted by Gasteiger charge is -2.32. The molecule has 0 aliphatic carbocycles. The van der Waals surface area contributed by atoms with E-state index in [1.165, 1.54) is 20.3 Å². The maximum atomic E-state index is 12.1. The number of amides is 1. The van der Waals surface area contributed by atoms with Crippen LogP contribution in [0.25, 0.3) is 0 Å². The second-order valence-electron chi connectivity index (χ2n) is 4.20. The molecule has 9 heteroatoms. The van der Waals surface area contributed by atoms with Crippen molar-refractivity contribution in [3.63, 3.8) is 0 Å². The number of likely N-dealkylation sites (N-methyl/N-ethyl adjacent to an activating group) is 2. The number of nitrogens with zero attached hydrogens (tertiary/aromatic N) is 3. The Hall–Kier alpha value is -2.13. The van der Waals surface area contributed by atoms with Gasteiger partial charge < -0.3 is 10.4 Å². The van der Waals surface area contributed by atoms with Gasteiger partial charge in [0.15, 0.2) is 5.70 Å². The molecule has 0 saturated carbocycles. The van der Waals surface area contributed by atoms with Gasteiger partial charge in [0.1, 0.15) is 11.6 Å². The van der Waals surface area contributed by atoms with Crippen molar-refractivity contribution in [3.8, 4) is 0 Å². The van der Waals surface area contributed by atoms with E-state index in [-0.39, 0.29) is 23.8 Å². The monoisotopic (exact) mass is 298 g/mol. The molecule has 0 saturated heterocycles. The van der Waals surface area contributed by atoms with Gasteiger partial charge in [0, 0.05) is 20.3 Å². The van der Waals surface area contributed by atoms with Crippen LogP contribution in [-0.4, -0.2) is 53.7 Å². The molecule has 2 rings (SSSR count). The van der Waals surface area contributed by atoms with E-state index in [0.717, 1.165) is 8.61 Å². The predicted molar refractivity (Wildman–Crippen MR) is 71.8 cm³/mol. The fourth-order valence-corrected chi connectivity index (χ4v) is 2.88. The van der Waals surface area contributed by atoms with Crippen LogP contribution in [0.1, 0.15) is 0 Å². The molecule has 0 atom stereocenters. The lowest BCUT2D eigenvalue weighted by atomic mass is 10.3. The number of pyridine rings is 1. The van der Waals surface area contributed by atoms with Crippen LogP contribution in [0.3, 0.4) is 0 Å². The summed E-state index contributed by atoms with van der Waals surface area (Å²) in [6.45, 7) is -0.252. The molecule has 2 N–H and O–H groups in total. The molecule has 2 heterocycles. The molecule has 0 radical (unpaired) electrons. The Bertz CT molecular complexity index is 656. The minimum absolute atomic E-state index is 0.252. The number of nitrogens with one attached hydrogen (secondary N) is 1. The molecule has 8 nitrogen and oxygen atoms in total. The van der Waals surface area contributed by atoms with Crippen LogP contribution >= 0.6 is 0 Å². The number of aliphatic hydroxyl groups is 1. The highest BCUT2D eigenvalue weighted by molar-refractivity contribution is 7.86. The normalized spacial score (nSPS) is 19.0. The summed E-state index contributed by atoms with van der Waals surface area (Å²) in [7, 11) is -1.27. The van der Waals surface area contributed by atoms with Crippen molar-refractivity contribution >= 4 is 21.9 Å². The zero-order valence-electron chi connectivity index (χ0n) is 10.9. The second kappa shape index (κ2) is 5.10. The van der Waals surface area contributed by atoms with Crippen LogP contribution in [0.15, 0.2) is 35.9 Å². The van der Waals surface area contributed by atoms with E-state index in [0.29, 0.717) is 0 Å². The van der Waals surface area contributed by atoms with Crippen molar-refractivity contribution in [3.05, 3.63) is 35.9 Å². The Balaban J connectivity index is 2.31. The Labute approximate surface area is 116 Å². The molecule has 1 aliphatic heterocycles.